The standard InChI is InChI=1S/C7H5ClO4S.ClH/c8-13(11,12)6-3-1-2-5(4-6)7(9)10;/h1-4H,(H,9,10);1H. The van der Waals surface area contributed by atoms with Crippen molar-refractivity contribution in [1.29, 1.82) is 0 Å². The summed E-state index contributed by atoms with van der Waals surface area (Å²) in [4.78, 5) is 10.2. The largest absolute Gasteiger partial charge is 0.478 e. The van der Waals surface area contributed by atoms with Crippen LogP contribution in [0.2, 0.25) is 0 Å². The van der Waals surface area contributed by atoms with E-state index < -0.39 is 15.0 Å². The first-order valence-corrected chi connectivity index (χ1v) is 5.50. The van der Waals surface area contributed by atoms with E-state index in [1.54, 1.807) is 0 Å². The van der Waals surface area contributed by atoms with Gasteiger partial charge in [0.1, 0.15) is 0 Å². The van der Waals surface area contributed by atoms with Gasteiger partial charge >= 0.3 is 5.97 Å². The van der Waals surface area contributed by atoms with E-state index in [1.165, 1.54) is 18.2 Å². The average Bonchev–Trinajstić information content (AvgIpc) is 2.03. The van der Waals surface area contributed by atoms with Gasteiger partial charge in [-0.2, -0.15) is 0 Å². The average molecular weight is 257 g/mol. The van der Waals surface area contributed by atoms with Gasteiger partial charge in [-0.25, -0.2) is 13.2 Å². The van der Waals surface area contributed by atoms with Gasteiger partial charge in [0.2, 0.25) is 0 Å². The van der Waals surface area contributed by atoms with Gasteiger partial charge < -0.3 is 5.11 Å². The topological polar surface area (TPSA) is 71.4 Å². The number of carboxylic acids is 1. The van der Waals surface area contributed by atoms with Crippen molar-refractivity contribution >= 4 is 38.1 Å². The van der Waals surface area contributed by atoms with Gasteiger partial charge in [0.05, 0.1) is 10.5 Å². The van der Waals surface area contributed by atoms with Crippen molar-refractivity contribution in [2.24, 2.45) is 0 Å². The van der Waals surface area contributed by atoms with Gasteiger partial charge in [0.15, 0.2) is 0 Å². The van der Waals surface area contributed by atoms with E-state index in [0.717, 1.165) is 6.07 Å². The van der Waals surface area contributed by atoms with Gasteiger partial charge in [-0.3, -0.25) is 0 Å². The highest BCUT2D eigenvalue weighted by Gasteiger charge is 2.12. The van der Waals surface area contributed by atoms with Crippen LogP contribution >= 0.6 is 23.1 Å². The first kappa shape index (κ1) is 13.2. The fourth-order valence-corrected chi connectivity index (χ4v) is 1.58. The van der Waals surface area contributed by atoms with Crippen LogP contribution in [0, 0.1) is 0 Å². The van der Waals surface area contributed by atoms with Crippen molar-refractivity contribution in [2.75, 3.05) is 0 Å². The number of halogens is 2. The number of rotatable bonds is 2. The lowest BCUT2D eigenvalue weighted by atomic mass is 10.2. The summed E-state index contributed by atoms with van der Waals surface area (Å²) >= 11 is 0. The number of carbonyl (C=O) groups is 1. The first-order chi connectivity index (χ1) is 5.91. The molecule has 1 aromatic rings. The van der Waals surface area contributed by atoms with E-state index in [4.69, 9.17) is 15.8 Å². The molecule has 4 nitrogen and oxygen atoms in total. The van der Waals surface area contributed by atoms with E-state index in [0.29, 0.717) is 0 Å². The molecule has 78 valence electrons. The van der Waals surface area contributed by atoms with E-state index in [1.807, 2.05) is 0 Å². The first-order valence-electron chi connectivity index (χ1n) is 3.19. The lowest BCUT2D eigenvalue weighted by molar-refractivity contribution is 0.0696. The quantitative estimate of drug-likeness (QED) is 0.819. The molecule has 0 fully saturated rings. The molecule has 0 heterocycles. The lowest BCUT2D eigenvalue weighted by Crippen LogP contribution is -1.98. The third-order valence-corrected chi connectivity index (χ3v) is 2.71. The molecule has 0 aliphatic rings. The van der Waals surface area contributed by atoms with Crippen LogP contribution in [0.3, 0.4) is 0 Å². The van der Waals surface area contributed by atoms with Crippen molar-refractivity contribution in [3.05, 3.63) is 29.8 Å². The zero-order valence-corrected chi connectivity index (χ0v) is 9.06. The molecule has 0 aromatic heterocycles. The van der Waals surface area contributed by atoms with Gasteiger partial charge in [0, 0.05) is 10.7 Å². The van der Waals surface area contributed by atoms with Crippen LogP contribution in [-0.2, 0) is 9.05 Å². The molecule has 0 saturated carbocycles. The molecule has 0 atom stereocenters. The predicted molar refractivity (Wildman–Crippen MR) is 53.7 cm³/mol. The van der Waals surface area contributed by atoms with E-state index in [2.05, 4.69) is 0 Å². The van der Waals surface area contributed by atoms with Crippen LogP contribution in [-0.4, -0.2) is 19.5 Å². The van der Waals surface area contributed by atoms with Crippen molar-refractivity contribution in [1.82, 2.24) is 0 Å². The smallest absolute Gasteiger partial charge is 0.335 e. The third kappa shape index (κ3) is 3.17. The maximum absolute atomic E-state index is 10.8. The Morgan fingerprint density at radius 3 is 2.36 bits per heavy atom. The third-order valence-electron chi connectivity index (χ3n) is 1.36. The Morgan fingerprint density at radius 2 is 1.93 bits per heavy atom. The highest BCUT2D eigenvalue weighted by atomic mass is 35.7. The number of benzene rings is 1. The summed E-state index contributed by atoms with van der Waals surface area (Å²) in [5, 5.41) is 8.54. The molecule has 0 saturated heterocycles. The molecule has 0 radical (unpaired) electrons. The minimum atomic E-state index is -3.85. The van der Waals surface area contributed by atoms with Crippen LogP contribution in [0.4, 0.5) is 0 Å². The van der Waals surface area contributed by atoms with E-state index >= 15 is 0 Å². The van der Waals surface area contributed by atoms with Crippen LogP contribution in [0.15, 0.2) is 29.2 Å². The van der Waals surface area contributed by atoms with Gasteiger partial charge in [0.25, 0.3) is 9.05 Å². The summed E-state index contributed by atoms with van der Waals surface area (Å²) in [7, 11) is 1.16. The van der Waals surface area contributed by atoms with Crippen molar-refractivity contribution in [2.45, 2.75) is 4.90 Å². The maximum atomic E-state index is 10.8. The predicted octanol–water partition coefficient (Wildman–Crippen LogP) is 1.73. The van der Waals surface area contributed by atoms with Crippen LogP contribution in [0.1, 0.15) is 10.4 Å². The molecule has 14 heavy (non-hydrogen) atoms. The molecule has 1 aromatic carbocycles. The molecule has 7 heteroatoms. The van der Waals surface area contributed by atoms with Crippen LogP contribution in [0.5, 0.6) is 0 Å². The fourth-order valence-electron chi connectivity index (χ4n) is 0.781. The Hall–Kier alpha value is -0.780. The zero-order chi connectivity index (χ0) is 10.1. The Morgan fingerprint density at radius 1 is 1.36 bits per heavy atom. The second kappa shape index (κ2) is 4.63. The highest BCUT2D eigenvalue weighted by molar-refractivity contribution is 8.13. The molecule has 0 aliphatic heterocycles. The molecule has 0 unspecified atom stereocenters. The number of hydrogen-bond acceptors (Lipinski definition) is 3. The van der Waals surface area contributed by atoms with Gasteiger partial charge in [-0.15, -0.1) is 12.4 Å². The molecule has 1 rings (SSSR count). The zero-order valence-electron chi connectivity index (χ0n) is 6.68. The molecule has 0 bridgehead atoms. The number of hydrogen-bond donors (Lipinski definition) is 1. The Balaban J connectivity index is 0.00000169. The van der Waals surface area contributed by atoms with Crippen molar-refractivity contribution < 1.29 is 18.3 Å². The van der Waals surface area contributed by atoms with E-state index in [-0.39, 0.29) is 22.9 Å². The minimum Gasteiger partial charge on any atom is -0.478 e. The SMILES string of the molecule is Cl.O=C(O)c1cccc(S(=O)(=O)Cl)c1. The monoisotopic (exact) mass is 256 g/mol. The summed E-state index contributed by atoms with van der Waals surface area (Å²) in [6, 6.07) is 4.84. The summed E-state index contributed by atoms with van der Waals surface area (Å²) in [5.41, 5.74) is -0.110. The summed E-state index contributed by atoms with van der Waals surface area (Å²) < 4.78 is 21.6. The second-order valence-corrected chi connectivity index (χ2v) is 4.84. The summed E-state index contributed by atoms with van der Waals surface area (Å²) in [6.45, 7) is 0. The lowest BCUT2D eigenvalue weighted by Gasteiger charge is -1.97. The molecule has 1 N–H and O–H groups in total. The van der Waals surface area contributed by atoms with Gasteiger partial charge in [-0.1, -0.05) is 6.07 Å². The molecule has 0 spiro atoms. The fraction of sp³-hybridized carbons (Fsp3) is 0. The van der Waals surface area contributed by atoms with Crippen LogP contribution in [0.25, 0.3) is 0 Å². The van der Waals surface area contributed by atoms with Crippen molar-refractivity contribution in [3.8, 4) is 0 Å². The molecular formula is C7H6Cl2O4S. The maximum Gasteiger partial charge on any atom is 0.335 e. The highest BCUT2D eigenvalue weighted by Crippen LogP contribution is 2.15. The minimum absolute atomic E-state index is 0. The number of carboxylic acid groups (broad SMARTS) is 1. The van der Waals surface area contributed by atoms with Crippen molar-refractivity contribution in [3.63, 3.8) is 0 Å². The Bertz CT molecular complexity index is 441. The molecular weight excluding hydrogens is 251 g/mol. The summed E-state index contributed by atoms with van der Waals surface area (Å²) in [6.07, 6.45) is 0. The number of aromatic carboxylic acids is 1. The second-order valence-electron chi connectivity index (χ2n) is 2.27. The molecule has 0 aliphatic carbocycles. The van der Waals surface area contributed by atoms with Gasteiger partial charge in [-0.05, 0) is 18.2 Å². The Kier molecular flexibility index (Phi) is 4.38. The van der Waals surface area contributed by atoms with Crippen LogP contribution < -0.4 is 0 Å². The summed E-state index contributed by atoms with van der Waals surface area (Å²) in [5.74, 6) is -1.19. The normalized spacial score (nSPS) is 10.4. The molecule has 0 amide bonds. The van der Waals surface area contributed by atoms with E-state index in [9.17, 15) is 13.2 Å². The Labute approximate surface area is 91.3 Å².